The molecule has 0 bridgehead atoms. The van der Waals surface area contributed by atoms with Gasteiger partial charge in [0.2, 0.25) is 0 Å². The number of benzene rings is 1. The van der Waals surface area contributed by atoms with Crippen molar-refractivity contribution in [3.8, 4) is 11.5 Å². The molecule has 0 saturated heterocycles. The van der Waals surface area contributed by atoms with E-state index < -0.39 is 0 Å². The molecular weight excluding hydrogens is 214 g/mol. The number of ether oxygens (including phenoxy) is 2. The van der Waals surface area contributed by atoms with Gasteiger partial charge in [0.25, 0.3) is 0 Å². The first-order valence-electron chi connectivity index (χ1n) is 6.05. The molecule has 0 spiro atoms. The van der Waals surface area contributed by atoms with Gasteiger partial charge in [0, 0.05) is 12.1 Å². The summed E-state index contributed by atoms with van der Waals surface area (Å²) in [5, 5.41) is 3.46. The van der Waals surface area contributed by atoms with E-state index in [2.05, 4.69) is 26.1 Å². The van der Waals surface area contributed by atoms with Gasteiger partial charge in [0.15, 0.2) is 0 Å². The summed E-state index contributed by atoms with van der Waals surface area (Å²) in [6.45, 7) is 6.64. The molecule has 0 radical (unpaired) electrons. The molecule has 1 rings (SSSR count). The lowest BCUT2D eigenvalue weighted by molar-refractivity contribution is 0.395. The number of rotatable bonds is 6. The van der Waals surface area contributed by atoms with Crippen LogP contribution in [-0.4, -0.2) is 20.3 Å². The Morgan fingerprint density at radius 1 is 1.12 bits per heavy atom. The Hall–Kier alpha value is -1.38. The maximum Gasteiger partial charge on any atom is 0.145 e. The summed E-state index contributed by atoms with van der Waals surface area (Å²) in [5.74, 6) is 2.31. The van der Waals surface area contributed by atoms with Crippen molar-refractivity contribution in [1.82, 2.24) is 0 Å². The van der Waals surface area contributed by atoms with Gasteiger partial charge in [-0.05, 0) is 31.4 Å². The minimum atomic E-state index is 0.428. The third-order valence-corrected chi connectivity index (χ3v) is 2.64. The zero-order valence-corrected chi connectivity index (χ0v) is 11.4. The highest BCUT2D eigenvalue weighted by molar-refractivity contribution is 5.59. The molecule has 1 unspecified atom stereocenters. The summed E-state index contributed by atoms with van der Waals surface area (Å²) in [6.07, 6.45) is 1.13. The fourth-order valence-corrected chi connectivity index (χ4v) is 1.95. The number of nitrogens with one attached hydrogen (secondary N) is 1. The summed E-state index contributed by atoms with van der Waals surface area (Å²) in [6, 6.07) is 6.25. The summed E-state index contributed by atoms with van der Waals surface area (Å²) in [7, 11) is 3.33. The molecule has 3 nitrogen and oxygen atoms in total. The molecule has 1 aromatic rings. The molecule has 17 heavy (non-hydrogen) atoms. The molecule has 0 aliphatic rings. The molecule has 0 aromatic heterocycles. The zero-order valence-electron chi connectivity index (χ0n) is 11.4. The van der Waals surface area contributed by atoms with Gasteiger partial charge in [-0.15, -0.1) is 0 Å². The quantitative estimate of drug-likeness (QED) is 0.820. The van der Waals surface area contributed by atoms with E-state index in [4.69, 9.17) is 9.47 Å². The van der Waals surface area contributed by atoms with Crippen molar-refractivity contribution in [3.05, 3.63) is 18.2 Å². The first-order valence-corrected chi connectivity index (χ1v) is 6.05. The summed E-state index contributed by atoms with van der Waals surface area (Å²) in [5.41, 5.74) is 1.02. The molecule has 0 fully saturated rings. The number of anilines is 1. The normalized spacial score (nSPS) is 12.4. The Balaban J connectivity index is 2.76. The van der Waals surface area contributed by atoms with E-state index >= 15 is 0 Å². The third kappa shape index (κ3) is 4.17. The van der Waals surface area contributed by atoms with Crippen LogP contribution < -0.4 is 14.8 Å². The minimum absolute atomic E-state index is 0.428. The Morgan fingerprint density at radius 2 is 1.82 bits per heavy atom. The molecule has 0 amide bonds. The summed E-state index contributed by atoms with van der Waals surface area (Å²) < 4.78 is 10.5. The van der Waals surface area contributed by atoms with E-state index in [0.717, 1.165) is 23.6 Å². The number of methoxy groups -OCH3 is 2. The molecule has 1 atom stereocenters. The molecule has 96 valence electrons. The van der Waals surface area contributed by atoms with Crippen LogP contribution in [0.5, 0.6) is 11.5 Å². The second-order valence-corrected chi connectivity index (χ2v) is 4.74. The summed E-state index contributed by atoms with van der Waals surface area (Å²) in [4.78, 5) is 0. The number of hydrogen-bond acceptors (Lipinski definition) is 3. The maximum absolute atomic E-state index is 5.35. The van der Waals surface area contributed by atoms with Gasteiger partial charge in [-0.2, -0.15) is 0 Å². The van der Waals surface area contributed by atoms with Gasteiger partial charge in [-0.1, -0.05) is 13.8 Å². The Morgan fingerprint density at radius 3 is 2.35 bits per heavy atom. The number of hydrogen-bond donors (Lipinski definition) is 1. The zero-order chi connectivity index (χ0) is 12.8. The average molecular weight is 237 g/mol. The van der Waals surface area contributed by atoms with Crippen molar-refractivity contribution in [2.24, 2.45) is 5.92 Å². The lowest BCUT2D eigenvalue weighted by Crippen LogP contribution is -2.17. The topological polar surface area (TPSA) is 30.5 Å². The molecule has 0 aliphatic heterocycles. The van der Waals surface area contributed by atoms with Crippen molar-refractivity contribution < 1.29 is 9.47 Å². The fourth-order valence-electron chi connectivity index (χ4n) is 1.95. The second kappa shape index (κ2) is 6.38. The highest BCUT2D eigenvalue weighted by atomic mass is 16.5. The molecule has 0 aliphatic carbocycles. The monoisotopic (exact) mass is 237 g/mol. The van der Waals surface area contributed by atoms with Gasteiger partial charge in [0.1, 0.15) is 11.5 Å². The first-order chi connectivity index (χ1) is 8.06. The van der Waals surface area contributed by atoms with Gasteiger partial charge in [0.05, 0.1) is 19.9 Å². The molecule has 0 saturated carbocycles. The van der Waals surface area contributed by atoms with E-state index in [-0.39, 0.29) is 0 Å². The predicted molar refractivity (Wildman–Crippen MR) is 72.1 cm³/mol. The highest BCUT2D eigenvalue weighted by Gasteiger charge is 2.09. The van der Waals surface area contributed by atoms with Crippen molar-refractivity contribution in [3.63, 3.8) is 0 Å². The van der Waals surface area contributed by atoms with Crippen LogP contribution in [0, 0.1) is 5.92 Å². The van der Waals surface area contributed by atoms with Crippen LogP contribution in [0.1, 0.15) is 27.2 Å². The third-order valence-electron chi connectivity index (χ3n) is 2.64. The largest absolute Gasteiger partial charge is 0.497 e. The lowest BCUT2D eigenvalue weighted by atomic mass is 10.0. The highest BCUT2D eigenvalue weighted by Crippen LogP contribution is 2.30. The van der Waals surface area contributed by atoms with Crippen LogP contribution >= 0.6 is 0 Å². The average Bonchev–Trinajstić information content (AvgIpc) is 2.28. The fraction of sp³-hybridized carbons (Fsp3) is 0.571. The van der Waals surface area contributed by atoms with E-state index in [1.165, 1.54) is 0 Å². The molecule has 1 N–H and O–H groups in total. The lowest BCUT2D eigenvalue weighted by Gasteiger charge is -2.19. The standard InChI is InChI=1S/C14H23NO2/c1-10(2)8-11(3)15-13-7-6-12(16-4)9-14(13)17-5/h6-7,9-11,15H,8H2,1-5H3. The van der Waals surface area contributed by atoms with Crippen LogP contribution in [0.2, 0.25) is 0 Å². The molecule has 1 aromatic carbocycles. The van der Waals surface area contributed by atoms with Crippen LogP contribution in [0.15, 0.2) is 18.2 Å². The van der Waals surface area contributed by atoms with Crippen molar-refractivity contribution in [2.45, 2.75) is 33.2 Å². The SMILES string of the molecule is COc1ccc(NC(C)CC(C)C)c(OC)c1. The van der Waals surface area contributed by atoms with Gasteiger partial charge in [-0.3, -0.25) is 0 Å². The van der Waals surface area contributed by atoms with Gasteiger partial charge in [-0.25, -0.2) is 0 Å². The molecule has 3 heteroatoms. The van der Waals surface area contributed by atoms with Gasteiger partial charge < -0.3 is 14.8 Å². The van der Waals surface area contributed by atoms with Crippen molar-refractivity contribution in [2.75, 3.05) is 19.5 Å². The summed E-state index contributed by atoms with van der Waals surface area (Å²) >= 11 is 0. The van der Waals surface area contributed by atoms with Gasteiger partial charge >= 0.3 is 0 Å². The molecule has 0 heterocycles. The smallest absolute Gasteiger partial charge is 0.145 e. The maximum atomic E-state index is 5.35. The van der Waals surface area contributed by atoms with Crippen LogP contribution in [-0.2, 0) is 0 Å². The van der Waals surface area contributed by atoms with Crippen molar-refractivity contribution in [1.29, 1.82) is 0 Å². The van der Waals surface area contributed by atoms with Crippen LogP contribution in [0.25, 0.3) is 0 Å². The predicted octanol–water partition coefficient (Wildman–Crippen LogP) is 3.55. The van der Waals surface area contributed by atoms with Crippen LogP contribution in [0.3, 0.4) is 0 Å². The minimum Gasteiger partial charge on any atom is -0.497 e. The first kappa shape index (κ1) is 13.7. The van der Waals surface area contributed by atoms with E-state index in [9.17, 15) is 0 Å². The van der Waals surface area contributed by atoms with Crippen LogP contribution in [0.4, 0.5) is 5.69 Å². The van der Waals surface area contributed by atoms with Crippen molar-refractivity contribution >= 4 is 5.69 Å². The Kier molecular flexibility index (Phi) is 5.13. The Labute approximate surface area is 104 Å². The van der Waals surface area contributed by atoms with E-state index in [1.54, 1.807) is 14.2 Å². The Bertz CT molecular complexity index is 350. The van der Waals surface area contributed by atoms with E-state index in [1.807, 2.05) is 18.2 Å². The second-order valence-electron chi connectivity index (χ2n) is 4.74. The molecular formula is C14H23NO2. The van der Waals surface area contributed by atoms with E-state index in [0.29, 0.717) is 12.0 Å².